The number of carbonyl (C=O) groups excluding carboxylic acids is 1. The molecule has 8 heteroatoms. The molecule has 0 atom stereocenters. The fraction of sp³-hybridized carbons (Fsp3) is 0.542. The van der Waals surface area contributed by atoms with Gasteiger partial charge in [-0.25, -0.2) is 4.79 Å². The van der Waals surface area contributed by atoms with E-state index in [0.29, 0.717) is 32.2 Å². The van der Waals surface area contributed by atoms with E-state index in [2.05, 4.69) is 39.0 Å². The maximum absolute atomic E-state index is 12.4. The molecule has 2 aliphatic heterocycles. The lowest BCUT2D eigenvalue weighted by molar-refractivity contribution is 0.0240. The van der Waals surface area contributed by atoms with Gasteiger partial charge in [0.25, 0.3) is 0 Å². The summed E-state index contributed by atoms with van der Waals surface area (Å²) in [5, 5.41) is 0. The summed E-state index contributed by atoms with van der Waals surface area (Å²) in [6.45, 7) is 10.9. The second kappa shape index (κ2) is 9.32. The van der Waals surface area contributed by atoms with Crippen molar-refractivity contribution in [3.8, 4) is 6.01 Å². The molecular formula is C24H33N5O3. The molecule has 3 heterocycles. The number of hydrogen-bond donors (Lipinski definition) is 0. The van der Waals surface area contributed by atoms with Crippen LogP contribution in [0.15, 0.2) is 30.3 Å². The van der Waals surface area contributed by atoms with Gasteiger partial charge in [0, 0.05) is 51.4 Å². The first-order valence-electron chi connectivity index (χ1n) is 11.3. The minimum absolute atomic E-state index is 0.254. The van der Waals surface area contributed by atoms with Gasteiger partial charge in [-0.15, -0.1) is 0 Å². The average molecular weight is 440 g/mol. The van der Waals surface area contributed by atoms with E-state index in [9.17, 15) is 4.79 Å². The zero-order valence-electron chi connectivity index (χ0n) is 19.5. The van der Waals surface area contributed by atoms with Gasteiger partial charge in [0.2, 0.25) is 0 Å². The van der Waals surface area contributed by atoms with E-state index in [0.717, 1.165) is 37.6 Å². The monoisotopic (exact) mass is 439 g/mol. The van der Waals surface area contributed by atoms with Crippen LogP contribution < -0.4 is 9.64 Å². The van der Waals surface area contributed by atoms with Crippen LogP contribution in [0.1, 0.15) is 37.6 Å². The quantitative estimate of drug-likeness (QED) is 0.725. The van der Waals surface area contributed by atoms with Crippen molar-refractivity contribution in [3.05, 3.63) is 47.2 Å². The van der Waals surface area contributed by atoms with Gasteiger partial charge in [-0.3, -0.25) is 4.90 Å². The normalized spacial score (nSPS) is 17.1. The van der Waals surface area contributed by atoms with Gasteiger partial charge in [-0.1, -0.05) is 30.3 Å². The predicted molar refractivity (Wildman–Crippen MR) is 123 cm³/mol. The number of methoxy groups -OCH3 is 1. The number of aromatic nitrogens is 2. The molecule has 1 aromatic heterocycles. The maximum atomic E-state index is 12.4. The minimum Gasteiger partial charge on any atom is -0.467 e. The molecule has 4 rings (SSSR count). The van der Waals surface area contributed by atoms with Crippen molar-refractivity contribution in [2.75, 3.05) is 44.7 Å². The van der Waals surface area contributed by atoms with Gasteiger partial charge >= 0.3 is 12.1 Å². The first-order chi connectivity index (χ1) is 15.3. The summed E-state index contributed by atoms with van der Waals surface area (Å²) in [4.78, 5) is 28.2. The number of nitrogens with zero attached hydrogens (tertiary/aromatic N) is 5. The van der Waals surface area contributed by atoms with E-state index in [1.165, 1.54) is 11.1 Å². The summed E-state index contributed by atoms with van der Waals surface area (Å²) < 4.78 is 11.0. The molecule has 0 saturated carbocycles. The van der Waals surface area contributed by atoms with Crippen LogP contribution in [-0.2, 0) is 24.2 Å². The molecule has 1 saturated heterocycles. The van der Waals surface area contributed by atoms with Crippen LogP contribution >= 0.6 is 0 Å². The smallest absolute Gasteiger partial charge is 0.410 e. The van der Waals surface area contributed by atoms with Crippen LogP contribution in [0, 0.1) is 0 Å². The van der Waals surface area contributed by atoms with Crippen molar-refractivity contribution in [1.29, 1.82) is 0 Å². The van der Waals surface area contributed by atoms with E-state index in [4.69, 9.17) is 14.5 Å². The van der Waals surface area contributed by atoms with Gasteiger partial charge in [0.1, 0.15) is 11.4 Å². The van der Waals surface area contributed by atoms with E-state index < -0.39 is 5.60 Å². The fourth-order valence-electron chi connectivity index (χ4n) is 4.20. The van der Waals surface area contributed by atoms with Crippen LogP contribution in [0.3, 0.4) is 0 Å². The molecule has 0 radical (unpaired) electrons. The van der Waals surface area contributed by atoms with Gasteiger partial charge in [0.15, 0.2) is 0 Å². The molecule has 32 heavy (non-hydrogen) atoms. The number of benzene rings is 1. The largest absolute Gasteiger partial charge is 0.467 e. The molecule has 1 fully saturated rings. The molecule has 2 aromatic rings. The van der Waals surface area contributed by atoms with Gasteiger partial charge in [-0.05, 0) is 32.8 Å². The highest BCUT2D eigenvalue weighted by atomic mass is 16.6. The van der Waals surface area contributed by atoms with Crippen LogP contribution in [0.25, 0.3) is 0 Å². The van der Waals surface area contributed by atoms with Gasteiger partial charge in [-0.2, -0.15) is 9.97 Å². The SMILES string of the molecule is COc1nc2c(c(N3CCN(C(=O)OC(C)(C)C)CC3)n1)CCN(Cc1ccccc1)C2. The lowest BCUT2D eigenvalue weighted by Crippen LogP contribution is -2.50. The first kappa shape index (κ1) is 22.3. The van der Waals surface area contributed by atoms with Crippen LogP contribution in [0.4, 0.5) is 10.6 Å². The van der Waals surface area contributed by atoms with Crippen LogP contribution in [0.2, 0.25) is 0 Å². The van der Waals surface area contributed by atoms with Crippen molar-refractivity contribution in [1.82, 2.24) is 19.8 Å². The second-order valence-electron chi connectivity index (χ2n) is 9.36. The first-order valence-corrected chi connectivity index (χ1v) is 11.3. The Morgan fingerprint density at radius 2 is 1.75 bits per heavy atom. The van der Waals surface area contributed by atoms with Crippen molar-refractivity contribution in [2.45, 2.75) is 45.9 Å². The summed E-state index contributed by atoms with van der Waals surface area (Å²) >= 11 is 0. The van der Waals surface area contributed by atoms with Crippen molar-refractivity contribution in [3.63, 3.8) is 0 Å². The fourth-order valence-corrected chi connectivity index (χ4v) is 4.20. The highest BCUT2D eigenvalue weighted by Gasteiger charge is 2.30. The summed E-state index contributed by atoms with van der Waals surface area (Å²) in [7, 11) is 1.61. The molecule has 0 N–H and O–H groups in total. The molecule has 0 bridgehead atoms. The number of carbonyl (C=O) groups is 1. The number of ether oxygens (including phenoxy) is 2. The summed E-state index contributed by atoms with van der Waals surface area (Å²) in [5.41, 5.74) is 3.04. The molecule has 2 aliphatic rings. The molecule has 0 spiro atoms. The molecule has 172 valence electrons. The minimum atomic E-state index is -0.487. The molecule has 1 aromatic carbocycles. The average Bonchev–Trinajstić information content (AvgIpc) is 2.78. The Hall–Kier alpha value is -2.87. The van der Waals surface area contributed by atoms with E-state index >= 15 is 0 Å². The highest BCUT2D eigenvalue weighted by Crippen LogP contribution is 2.30. The predicted octanol–water partition coefficient (Wildman–Crippen LogP) is 3.10. The Morgan fingerprint density at radius 3 is 2.41 bits per heavy atom. The van der Waals surface area contributed by atoms with Crippen LogP contribution in [0.5, 0.6) is 6.01 Å². The summed E-state index contributed by atoms with van der Waals surface area (Å²) in [6.07, 6.45) is 0.643. The third kappa shape index (κ3) is 5.30. The van der Waals surface area contributed by atoms with Crippen LogP contribution in [-0.4, -0.2) is 71.3 Å². The standard InChI is InChI=1S/C24H33N5O3/c1-24(2,3)32-23(30)29-14-12-28(13-15-29)21-19-10-11-27(16-18-8-6-5-7-9-18)17-20(19)25-22(26-21)31-4/h5-9H,10-17H2,1-4H3. The Morgan fingerprint density at radius 1 is 1.03 bits per heavy atom. The number of rotatable bonds is 4. The Kier molecular flexibility index (Phi) is 6.50. The topological polar surface area (TPSA) is 71.0 Å². The Labute approximate surface area is 190 Å². The number of amides is 1. The van der Waals surface area contributed by atoms with E-state index in [1.54, 1.807) is 12.0 Å². The number of hydrogen-bond acceptors (Lipinski definition) is 7. The lowest BCUT2D eigenvalue weighted by atomic mass is 10.0. The van der Waals surface area contributed by atoms with Crippen molar-refractivity contribution < 1.29 is 14.3 Å². The van der Waals surface area contributed by atoms with Gasteiger partial charge in [0.05, 0.1) is 12.8 Å². The summed E-state index contributed by atoms with van der Waals surface area (Å²) in [5.74, 6) is 0.940. The zero-order valence-corrected chi connectivity index (χ0v) is 19.5. The Balaban J connectivity index is 1.47. The lowest BCUT2D eigenvalue weighted by Gasteiger charge is -2.38. The molecular weight excluding hydrogens is 406 g/mol. The molecule has 8 nitrogen and oxygen atoms in total. The zero-order chi connectivity index (χ0) is 22.7. The number of piperazine rings is 1. The molecule has 0 unspecified atom stereocenters. The summed E-state index contributed by atoms with van der Waals surface area (Å²) in [6, 6.07) is 10.9. The third-order valence-electron chi connectivity index (χ3n) is 5.76. The second-order valence-corrected chi connectivity index (χ2v) is 9.36. The molecule has 1 amide bonds. The van der Waals surface area contributed by atoms with E-state index in [1.807, 2.05) is 26.8 Å². The van der Waals surface area contributed by atoms with Gasteiger partial charge < -0.3 is 19.3 Å². The van der Waals surface area contributed by atoms with Crippen molar-refractivity contribution in [2.24, 2.45) is 0 Å². The van der Waals surface area contributed by atoms with E-state index in [-0.39, 0.29) is 6.09 Å². The third-order valence-corrected chi connectivity index (χ3v) is 5.76. The Bertz CT molecular complexity index is 937. The molecule has 0 aliphatic carbocycles. The van der Waals surface area contributed by atoms with Crippen molar-refractivity contribution >= 4 is 11.9 Å². The number of anilines is 1. The number of fused-ring (bicyclic) bond motifs is 1. The highest BCUT2D eigenvalue weighted by molar-refractivity contribution is 5.68. The maximum Gasteiger partial charge on any atom is 0.410 e.